The summed E-state index contributed by atoms with van der Waals surface area (Å²) in [5.41, 5.74) is 1.56. The summed E-state index contributed by atoms with van der Waals surface area (Å²) in [6, 6.07) is 0. The Hall–Kier alpha value is -0.610. The SMILES string of the molecule is CC(C)[C@H]1CC1(NN)C(=O)O. The minimum atomic E-state index is -0.835. The second kappa shape index (κ2) is 2.46. The summed E-state index contributed by atoms with van der Waals surface area (Å²) in [7, 11) is 0. The lowest BCUT2D eigenvalue weighted by Gasteiger charge is -2.11. The maximum atomic E-state index is 10.7. The maximum absolute atomic E-state index is 10.7. The molecule has 1 unspecified atom stereocenters. The van der Waals surface area contributed by atoms with Gasteiger partial charge in [0.2, 0.25) is 0 Å². The molecule has 0 aromatic heterocycles. The Labute approximate surface area is 65.7 Å². The number of carbonyl (C=O) groups is 1. The quantitative estimate of drug-likeness (QED) is 0.397. The molecular weight excluding hydrogens is 144 g/mol. The van der Waals surface area contributed by atoms with E-state index >= 15 is 0 Å². The number of hydrazine groups is 1. The van der Waals surface area contributed by atoms with Crippen LogP contribution in [0.2, 0.25) is 0 Å². The zero-order valence-electron chi connectivity index (χ0n) is 6.79. The summed E-state index contributed by atoms with van der Waals surface area (Å²) in [4.78, 5) is 10.7. The maximum Gasteiger partial charge on any atom is 0.325 e. The van der Waals surface area contributed by atoms with Crippen molar-refractivity contribution in [2.24, 2.45) is 17.7 Å². The minimum absolute atomic E-state index is 0.185. The topological polar surface area (TPSA) is 75.3 Å². The zero-order valence-corrected chi connectivity index (χ0v) is 6.79. The minimum Gasteiger partial charge on any atom is -0.480 e. The molecule has 0 spiro atoms. The summed E-state index contributed by atoms with van der Waals surface area (Å²) in [6.45, 7) is 4.01. The average molecular weight is 158 g/mol. The molecule has 0 saturated heterocycles. The molecular formula is C7H14N2O2. The van der Waals surface area contributed by atoms with E-state index in [9.17, 15) is 4.79 Å². The van der Waals surface area contributed by atoms with E-state index in [-0.39, 0.29) is 5.92 Å². The standard InChI is InChI=1S/C7H14N2O2/c1-4(2)5-3-7(5,9-8)6(10)11/h4-5,9H,3,8H2,1-2H3,(H,10,11)/t5-,7?/m1/s1. The molecule has 0 aromatic rings. The van der Waals surface area contributed by atoms with Gasteiger partial charge in [-0.05, 0) is 18.3 Å². The van der Waals surface area contributed by atoms with Crippen molar-refractivity contribution in [3.63, 3.8) is 0 Å². The van der Waals surface area contributed by atoms with Crippen LogP contribution in [0.3, 0.4) is 0 Å². The molecule has 4 heteroatoms. The highest BCUT2D eigenvalue weighted by atomic mass is 16.4. The van der Waals surface area contributed by atoms with Crippen molar-refractivity contribution in [1.82, 2.24) is 5.43 Å². The fourth-order valence-electron chi connectivity index (χ4n) is 1.57. The van der Waals surface area contributed by atoms with E-state index in [1.54, 1.807) is 0 Å². The number of nitrogens with two attached hydrogens (primary N) is 1. The molecule has 11 heavy (non-hydrogen) atoms. The van der Waals surface area contributed by atoms with E-state index in [4.69, 9.17) is 10.9 Å². The van der Waals surface area contributed by atoms with Crippen molar-refractivity contribution in [1.29, 1.82) is 0 Å². The van der Waals surface area contributed by atoms with Crippen LogP contribution in [0.25, 0.3) is 0 Å². The average Bonchev–Trinajstić information content (AvgIpc) is 2.62. The van der Waals surface area contributed by atoms with Crippen LogP contribution in [-0.4, -0.2) is 16.6 Å². The third kappa shape index (κ3) is 1.12. The normalized spacial score (nSPS) is 35.8. The first-order valence-corrected chi connectivity index (χ1v) is 3.75. The molecule has 1 fully saturated rings. The molecule has 0 aliphatic heterocycles. The van der Waals surface area contributed by atoms with Crippen LogP contribution in [0.4, 0.5) is 0 Å². The van der Waals surface area contributed by atoms with Gasteiger partial charge in [-0.1, -0.05) is 13.8 Å². The predicted molar refractivity (Wildman–Crippen MR) is 40.6 cm³/mol. The van der Waals surface area contributed by atoms with Gasteiger partial charge < -0.3 is 5.11 Å². The smallest absolute Gasteiger partial charge is 0.325 e. The lowest BCUT2D eigenvalue weighted by atomic mass is 10.0. The van der Waals surface area contributed by atoms with E-state index in [0.29, 0.717) is 12.3 Å². The second-order valence-electron chi connectivity index (χ2n) is 3.48. The number of aliphatic carboxylic acids is 1. The van der Waals surface area contributed by atoms with E-state index < -0.39 is 11.5 Å². The molecule has 0 bridgehead atoms. The van der Waals surface area contributed by atoms with Crippen molar-refractivity contribution in [2.75, 3.05) is 0 Å². The number of carboxylic acids is 1. The Balaban J connectivity index is 2.64. The van der Waals surface area contributed by atoms with Crippen molar-refractivity contribution < 1.29 is 9.90 Å². The largest absolute Gasteiger partial charge is 0.480 e. The van der Waals surface area contributed by atoms with Crippen LogP contribution >= 0.6 is 0 Å². The Morgan fingerprint density at radius 1 is 1.82 bits per heavy atom. The van der Waals surface area contributed by atoms with Gasteiger partial charge in [0.05, 0.1) is 0 Å². The molecule has 0 amide bonds. The fraction of sp³-hybridized carbons (Fsp3) is 0.857. The van der Waals surface area contributed by atoms with Gasteiger partial charge in [-0.2, -0.15) is 0 Å². The van der Waals surface area contributed by atoms with Gasteiger partial charge in [0.15, 0.2) is 0 Å². The first kappa shape index (κ1) is 8.49. The lowest BCUT2D eigenvalue weighted by molar-refractivity contribution is -0.141. The van der Waals surface area contributed by atoms with Crippen LogP contribution in [-0.2, 0) is 4.79 Å². The number of carboxylic acid groups (broad SMARTS) is 1. The molecule has 4 N–H and O–H groups in total. The van der Waals surface area contributed by atoms with Crippen molar-refractivity contribution in [3.8, 4) is 0 Å². The summed E-state index contributed by atoms with van der Waals surface area (Å²) in [6.07, 6.45) is 0.649. The van der Waals surface area contributed by atoms with Gasteiger partial charge in [-0.3, -0.25) is 10.6 Å². The number of hydrogen-bond acceptors (Lipinski definition) is 3. The van der Waals surface area contributed by atoms with Gasteiger partial charge in [0.1, 0.15) is 5.54 Å². The van der Waals surface area contributed by atoms with Crippen LogP contribution in [0.1, 0.15) is 20.3 Å². The third-order valence-corrected chi connectivity index (χ3v) is 2.46. The van der Waals surface area contributed by atoms with E-state index in [2.05, 4.69) is 5.43 Å². The van der Waals surface area contributed by atoms with Gasteiger partial charge in [-0.15, -0.1) is 0 Å². The Kier molecular flexibility index (Phi) is 1.90. The first-order chi connectivity index (χ1) is 5.04. The third-order valence-electron chi connectivity index (χ3n) is 2.46. The van der Waals surface area contributed by atoms with E-state index in [0.717, 1.165) is 0 Å². The monoisotopic (exact) mass is 158 g/mol. The summed E-state index contributed by atoms with van der Waals surface area (Å²) < 4.78 is 0. The lowest BCUT2D eigenvalue weighted by Crippen LogP contribution is -2.46. The summed E-state index contributed by atoms with van der Waals surface area (Å²) in [5.74, 6) is 4.89. The van der Waals surface area contributed by atoms with Crippen LogP contribution in [0, 0.1) is 11.8 Å². The molecule has 4 nitrogen and oxygen atoms in total. The highest BCUT2D eigenvalue weighted by molar-refractivity contribution is 5.83. The zero-order chi connectivity index (χ0) is 8.65. The van der Waals surface area contributed by atoms with Gasteiger partial charge >= 0.3 is 5.97 Å². The van der Waals surface area contributed by atoms with Crippen LogP contribution in [0.5, 0.6) is 0 Å². The summed E-state index contributed by atoms with van der Waals surface area (Å²) in [5, 5.41) is 8.78. The Morgan fingerprint density at radius 2 is 2.36 bits per heavy atom. The van der Waals surface area contributed by atoms with Crippen LogP contribution in [0.15, 0.2) is 0 Å². The number of nitrogens with one attached hydrogen (secondary N) is 1. The highest BCUT2D eigenvalue weighted by Crippen LogP contribution is 2.47. The second-order valence-corrected chi connectivity index (χ2v) is 3.48. The molecule has 1 saturated carbocycles. The number of rotatable bonds is 3. The van der Waals surface area contributed by atoms with Crippen molar-refractivity contribution in [2.45, 2.75) is 25.8 Å². The Morgan fingerprint density at radius 3 is 2.45 bits per heavy atom. The van der Waals surface area contributed by atoms with Crippen molar-refractivity contribution in [3.05, 3.63) is 0 Å². The molecule has 0 heterocycles. The van der Waals surface area contributed by atoms with Crippen molar-refractivity contribution >= 4 is 5.97 Å². The highest BCUT2D eigenvalue weighted by Gasteiger charge is 2.61. The fourth-order valence-corrected chi connectivity index (χ4v) is 1.57. The molecule has 0 aromatic carbocycles. The Bertz CT molecular complexity index is 181. The first-order valence-electron chi connectivity index (χ1n) is 3.75. The molecule has 1 aliphatic rings. The molecule has 1 rings (SSSR count). The molecule has 0 radical (unpaired) electrons. The van der Waals surface area contributed by atoms with Gasteiger partial charge in [0.25, 0.3) is 0 Å². The summed E-state index contributed by atoms with van der Waals surface area (Å²) >= 11 is 0. The molecule has 2 atom stereocenters. The molecule has 64 valence electrons. The number of hydrogen-bond donors (Lipinski definition) is 3. The van der Waals surface area contributed by atoms with Gasteiger partial charge in [-0.25, -0.2) is 5.43 Å². The van der Waals surface area contributed by atoms with E-state index in [1.165, 1.54) is 0 Å². The van der Waals surface area contributed by atoms with Crippen LogP contribution < -0.4 is 11.3 Å². The predicted octanol–water partition coefficient (Wildman–Crippen LogP) is -0.0510. The van der Waals surface area contributed by atoms with E-state index in [1.807, 2.05) is 13.8 Å². The van der Waals surface area contributed by atoms with Gasteiger partial charge in [0, 0.05) is 0 Å². The molecule has 1 aliphatic carbocycles.